The van der Waals surface area contributed by atoms with Gasteiger partial charge in [-0.15, -0.1) is 0 Å². The molecule has 0 heterocycles. The molecule has 1 amide bonds. The molecule has 0 saturated carbocycles. The Kier molecular flexibility index (Phi) is 10.2. The van der Waals surface area contributed by atoms with Gasteiger partial charge in [0.25, 0.3) is 0 Å². The van der Waals surface area contributed by atoms with Crippen molar-refractivity contribution in [3.05, 3.63) is 29.8 Å². The molecule has 0 saturated heterocycles. The molecule has 1 rings (SSSR count). The second kappa shape index (κ2) is 11.8. The third kappa shape index (κ3) is 8.13. The molecule has 1 N–H and O–H groups in total. The number of methoxy groups -OCH3 is 3. The number of rotatable bonds is 13. The molecule has 0 radical (unpaired) electrons. The zero-order valence-electron chi connectivity index (χ0n) is 15.6. The van der Waals surface area contributed by atoms with Crippen molar-refractivity contribution in [1.82, 2.24) is 9.62 Å². The number of benzene rings is 1. The van der Waals surface area contributed by atoms with E-state index in [4.69, 9.17) is 14.2 Å². The summed E-state index contributed by atoms with van der Waals surface area (Å²) in [5.41, 5.74) is 0.827. The number of hydrogen-bond acceptors (Lipinski definition) is 6. The highest BCUT2D eigenvalue weighted by atomic mass is 32.2. The zero-order valence-corrected chi connectivity index (χ0v) is 16.4. The lowest BCUT2D eigenvalue weighted by molar-refractivity contribution is -0.120. The Labute approximate surface area is 155 Å². The van der Waals surface area contributed by atoms with E-state index in [1.807, 2.05) is 0 Å². The maximum atomic E-state index is 12.4. The molecule has 0 fully saturated rings. The molecular formula is C17H28N2O6S. The minimum atomic E-state index is -3.50. The Balaban J connectivity index is 2.47. The SMILES string of the molecule is COCCN(CCOC)S(=O)(=O)CCNC(=O)Cc1ccc(OC)cc1. The van der Waals surface area contributed by atoms with Gasteiger partial charge >= 0.3 is 0 Å². The van der Waals surface area contributed by atoms with E-state index in [0.717, 1.165) is 5.56 Å². The van der Waals surface area contributed by atoms with Crippen LogP contribution in [-0.2, 0) is 30.7 Å². The van der Waals surface area contributed by atoms with Crippen LogP contribution in [0.4, 0.5) is 0 Å². The van der Waals surface area contributed by atoms with Crippen molar-refractivity contribution in [2.45, 2.75) is 6.42 Å². The lowest BCUT2D eigenvalue weighted by Crippen LogP contribution is -2.41. The van der Waals surface area contributed by atoms with E-state index in [-0.39, 0.29) is 37.7 Å². The summed E-state index contributed by atoms with van der Waals surface area (Å²) in [7, 11) is 1.10. The summed E-state index contributed by atoms with van der Waals surface area (Å²) in [5.74, 6) is 0.313. The van der Waals surface area contributed by atoms with Crippen LogP contribution in [0.1, 0.15) is 5.56 Å². The summed E-state index contributed by atoms with van der Waals surface area (Å²) in [6.45, 7) is 1.15. The van der Waals surface area contributed by atoms with E-state index in [0.29, 0.717) is 19.0 Å². The Morgan fingerprint density at radius 2 is 1.62 bits per heavy atom. The average Bonchev–Trinajstić information content (AvgIpc) is 2.62. The van der Waals surface area contributed by atoms with Gasteiger partial charge in [0.1, 0.15) is 5.75 Å². The summed E-state index contributed by atoms with van der Waals surface area (Å²) in [4.78, 5) is 12.0. The fourth-order valence-electron chi connectivity index (χ4n) is 2.22. The zero-order chi connectivity index (χ0) is 19.4. The number of carbonyl (C=O) groups is 1. The van der Waals surface area contributed by atoms with Gasteiger partial charge in [0, 0.05) is 33.9 Å². The summed E-state index contributed by atoms with van der Waals surface area (Å²) in [6.07, 6.45) is 0.182. The summed E-state index contributed by atoms with van der Waals surface area (Å²) < 4.78 is 41.1. The molecule has 9 heteroatoms. The van der Waals surface area contributed by atoms with Crippen molar-refractivity contribution in [3.8, 4) is 5.75 Å². The van der Waals surface area contributed by atoms with Crippen molar-refractivity contribution in [2.24, 2.45) is 0 Å². The molecule has 0 bridgehead atoms. The monoisotopic (exact) mass is 388 g/mol. The van der Waals surface area contributed by atoms with E-state index >= 15 is 0 Å². The molecule has 1 aromatic rings. The predicted octanol–water partition coefficient (Wildman–Crippen LogP) is 0.279. The molecule has 8 nitrogen and oxygen atoms in total. The van der Waals surface area contributed by atoms with Gasteiger partial charge in [-0.3, -0.25) is 4.79 Å². The van der Waals surface area contributed by atoms with E-state index in [1.54, 1.807) is 31.4 Å². The number of carbonyl (C=O) groups excluding carboxylic acids is 1. The number of nitrogens with zero attached hydrogens (tertiary/aromatic N) is 1. The third-order valence-corrected chi connectivity index (χ3v) is 5.56. The fraction of sp³-hybridized carbons (Fsp3) is 0.588. The molecule has 0 atom stereocenters. The van der Waals surface area contributed by atoms with Crippen LogP contribution in [0.25, 0.3) is 0 Å². The van der Waals surface area contributed by atoms with Gasteiger partial charge in [-0.2, -0.15) is 4.31 Å². The van der Waals surface area contributed by atoms with Gasteiger partial charge in [-0.05, 0) is 17.7 Å². The molecule has 0 spiro atoms. The Morgan fingerprint density at radius 3 is 2.12 bits per heavy atom. The van der Waals surface area contributed by atoms with Gasteiger partial charge < -0.3 is 19.5 Å². The lowest BCUT2D eigenvalue weighted by Gasteiger charge is -2.21. The van der Waals surface area contributed by atoms with Gasteiger partial charge in [-0.25, -0.2) is 8.42 Å². The molecule has 26 heavy (non-hydrogen) atoms. The van der Waals surface area contributed by atoms with Crippen molar-refractivity contribution < 1.29 is 27.4 Å². The highest BCUT2D eigenvalue weighted by molar-refractivity contribution is 7.89. The Hall–Kier alpha value is -1.68. The Bertz CT molecular complexity index is 625. The Morgan fingerprint density at radius 1 is 1.04 bits per heavy atom. The standard InChI is InChI=1S/C17H28N2O6S/c1-23-11-9-19(10-12-24-2)26(21,22)13-8-18-17(20)14-15-4-6-16(25-3)7-5-15/h4-7H,8-14H2,1-3H3,(H,18,20). The molecule has 0 aromatic heterocycles. The van der Waals surface area contributed by atoms with Crippen molar-refractivity contribution in [1.29, 1.82) is 0 Å². The van der Waals surface area contributed by atoms with Crippen molar-refractivity contribution in [2.75, 3.05) is 59.9 Å². The van der Waals surface area contributed by atoms with Crippen LogP contribution in [0, 0.1) is 0 Å². The first kappa shape index (κ1) is 22.4. The van der Waals surface area contributed by atoms with Crippen LogP contribution in [0.2, 0.25) is 0 Å². The van der Waals surface area contributed by atoms with E-state index < -0.39 is 10.0 Å². The maximum absolute atomic E-state index is 12.4. The van der Waals surface area contributed by atoms with Crippen LogP contribution < -0.4 is 10.1 Å². The number of sulfonamides is 1. The molecule has 0 aliphatic rings. The first-order valence-corrected chi connectivity index (χ1v) is 9.89. The fourth-order valence-corrected chi connectivity index (χ4v) is 3.54. The smallest absolute Gasteiger partial charge is 0.224 e. The van der Waals surface area contributed by atoms with Crippen molar-refractivity contribution >= 4 is 15.9 Å². The van der Waals surface area contributed by atoms with E-state index in [1.165, 1.54) is 18.5 Å². The van der Waals surface area contributed by atoms with Crippen LogP contribution in [0.15, 0.2) is 24.3 Å². The molecular weight excluding hydrogens is 360 g/mol. The first-order valence-electron chi connectivity index (χ1n) is 8.28. The van der Waals surface area contributed by atoms with Crippen molar-refractivity contribution in [3.63, 3.8) is 0 Å². The highest BCUT2D eigenvalue weighted by Crippen LogP contribution is 2.11. The summed E-state index contributed by atoms with van der Waals surface area (Å²) in [6, 6.07) is 7.14. The number of ether oxygens (including phenoxy) is 3. The van der Waals surface area contributed by atoms with Crippen LogP contribution in [0.3, 0.4) is 0 Å². The number of nitrogens with one attached hydrogen (secondary N) is 1. The lowest BCUT2D eigenvalue weighted by atomic mass is 10.1. The summed E-state index contributed by atoms with van der Waals surface area (Å²) in [5, 5.41) is 2.64. The molecule has 148 valence electrons. The number of hydrogen-bond donors (Lipinski definition) is 1. The largest absolute Gasteiger partial charge is 0.497 e. The molecule has 0 aliphatic carbocycles. The predicted molar refractivity (Wildman–Crippen MR) is 98.8 cm³/mol. The molecule has 0 aliphatic heterocycles. The molecule has 1 aromatic carbocycles. The van der Waals surface area contributed by atoms with Crippen LogP contribution >= 0.6 is 0 Å². The quantitative estimate of drug-likeness (QED) is 0.522. The maximum Gasteiger partial charge on any atom is 0.224 e. The van der Waals surface area contributed by atoms with E-state index in [2.05, 4.69) is 5.32 Å². The van der Waals surface area contributed by atoms with Gasteiger partial charge in [-0.1, -0.05) is 12.1 Å². The van der Waals surface area contributed by atoms with Gasteiger partial charge in [0.2, 0.25) is 15.9 Å². The van der Waals surface area contributed by atoms with Crippen LogP contribution in [-0.4, -0.2) is 78.6 Å². The minimum absolute atomic E-state index is 0.0494. The highest BCUT2D eigenvalue weighted by Gasteiger charge is 2.21. The molecule has 0 unspecified atom stereocenters. The van der Waals surface area contributed by atoms with Crippen LogP contribution in [0.5, 0.6) is 5.75 Å². The second-order valence-corrected chi connectivity index (χ2v) is 7.66. The van der Waals surface area contributed by atoms with Gasteiger partial charge in [0.15, 0.2) is 0 Å². The minimum Gasteiger partial charge on any atom is -0.497 e. The third-order valence-electron chi connectivity index (χ3n) is 3.69. The number of amides is 1. The van der Waals surface area contributed by atoms with Gasteiger partial charge in [0.05, 0.1) is 32.5 Å². The van der Waals surface area contributed by atoms with E-state index in [9.17, 15) is 13.2 Å². The first-order chi connectivity index (χ1) is 12.4. The topological polar surface area (TPSA) is 94.2 Å². The normalized spacial score (nSPS) is 11.5. The summed E-state index contributed by atoms with van der Waals surface area (Å²) >= 11 is 0. The second-order valence-electron chi connectivity index (χ2n) is 5.58. The average molecular weight is 388 g/mol.